The van der Waals surface area contributed by atoms with Crippen molar-refractivity contribution in [1.29, 1.82) is 0 Å². The van der Waals surface area contributed by atoms with Crippen molar-refractivity contribution in [1.82, 2.24) is 4.90 Å². The van der Waals surface area contributed by atoms with Crippen LogP contribution in [0.1, 0.15) is 53.9 Å². The minimum absolute atomic E-state index is 0.625. The largest absolute Gasteiger partial charge is 0.382 e. The average molecular weight is 261 g/mol. The molecule has 3 heteroatoms. The topological polar surface area (TPSA) is 29.5 Å². The minimum atomic E-state index is 0.625. The Kier molecular flexibility index (Phi) is 27.6. The Morgan fingerprint density at radius 2 is 1.78 bits per heavy atom. The Hall–Kier alpha value is -0.410. The van der Waals surface area contributed by atoms with Crippen LogP contribution in [0.5, 0.6) is 0 Å². The molecule has 0 unspecified atom stereocenters. The van der Waals surface area contributed by atoms with E-state index >= 15 is 0 Å². The first-order valence-electron chi connectivity index (χ1n) is 7.20. The van der Waals surface area contributed by atoms with Crippen LogP contribution in [-0.2, 0) is 9.53 Å². The summed E-state index contributed by atoms with van der Waals surface area (Å²) >= 11 is 0. The SMILES string of the molecule is CC.CC(C)CCN(C)C.CCOCCCC=O. The summed E-state index contributed by atoms with van der Waals surface area (Å²) in [6.45, 7) is 13.1. The number of unbranched alkanes of at least 4 members (excludes halogenated alkanes) is 1. The van der Waals surface area contributed by atoms with Crippen LogP contribution < -0.4 is 0 Å². The maximum atomic E-state index is 9.71. The molecule has 0 amide bonds. The highest BCUT2D eigenvalue weighted by atomic mass is 16.5. The van der Waals surface area contributed by atoms with E-state index in [-0.39, 0.29) is 0 Å². The number of hydrogen-bond donors (Lipinski definition) is 0. The maximum Gasteiger partial charge on any atom is 0.120 e. The molecule has 0 radical (unpaired) electrons. The average Bonchev–Trinajstić information content (AvgIpc) is 2.35. The van der Waals surface area contributed by atoms with Gasteiger partial charge >= 0.3 is 0 Å². The Balaban J connectivity index is -0.000000219. The molecule has 0 N–H and O–H groups in total. The fourth-order valence-electron chi connectivity index (χ4n) is 0.929. The zero-order chi connectivity index (χ0) is 14.8. The molecule has 3 nitrogen and oxygen atoms in total. The van der Waals surface area contributed by atoms with Gasteiger partial charge in [0, 0.05) is 19.6 Å². The molecule has 18 heavy (non-hydrogen) atoms. The van der Waals surface area contributed by atoms with Gasteiger partial charge in [0.1, 0.15) is 6.29 Å². The van der Waals surface area contributed by atoms with Gasteiger partial charge in [0.05, 0.1) is 0 Å². The molecule has 0 aromatic carbocycles. The second-order valence-corrected chi connectivity index (χ2v) is 4.49. The molecule has 0 saturated carbocycles. The zero-order valence-electron chi connectivity index (χ0n) is 13.7. The molecular weight excluding hydrogens is 226 g/mol. The summed E-state index contributed by atoms with van der Waals surface area (Å²) in [6, 6.07) is 0. The van der Waals surface area contributed by atoms with Crippen LogP contribution in [0, 0.1) is 5.92 Å². The lowest BCUT2D eigenvalue weighted by molar-refractivity contribution is -0.108. The van der Waals surface area contributed by atoms with Gasteiger partial charge in [-0.2, -0.15) is 0 Å². The van der Waals surface area contributed by atoms with Crippen LogP contribution in [0.15, 0.2) is 0 Å². The van der Waals surface area contributed by atoms with E-state index in [9.17, 15) is 4.79 Å². The van der Waals surface area contributed by atoms with Gasteiger partial charge in [-0.05, 0) is 46.3 Å². The van der Waals surface area contributed by atoms with Crippen LogP contribution in [0.4, 0.5) is 0 Å². The first-order valence-corrected chi connectivity index (χ1v) is 7.20. The summed E-state index contributed by atoms with van der Waals surface area (Å²) in [6.07, 6.45) is 3.71. The molecule has 0 aliphatic heterocycles. The van der Waals surface area contributed by atoms with Gasteiger partial charge in [-0.1, -0.05) is 27.7 Å². The van der Waals surface area contributed by atoms with Crippen molar-refractivity contribution in [2.75, 3.05) is 33.9 Å². The molecule has 0 rings (SSSR count). The second-order valence-electron chi connectivity index (χ2n) is 4.49. The van der Waals surface area contributed by atoms with Crippen molar-refractivity contribution in [3.63, 3.8) is 0 Å². The number of carbonyl (C=O) groups is 1. The second kappa shape index (κ2) is 21.8. The molecule has 0 spiro atoms. The number of nitrogens with zero attached hydrogens (tertiary/aromatic N) is 1. The van der Waals surface area contributed by atoms with Crippen LogP contribution in [0.2, 0.25) is 0 Å². The van der Waals surface area contributed by atoms with Crippen molar-refractivity contribution in [3.05, 3.63) is 0 Å². The molecule has 0 fully saturated rings. The smallest absolute Gasteiger partial charge is 0.120 e. The van der Waals surface area contributed by atoms with Crippen molar-refractivity contribution < 1.29 is 9.53 Å². The van der Waals surface area contributed by atoms with Gasteiger partial charge in [0.2, 0.25) is 0 Å². The maximum absolute atomic E-state index is 9.71. The molecule has 0 atom stereocenters. The van der Waals surface area contributed by atoms with Gasteiger partial charge in [-0.3, -0.25) is 0 Å². The monoisotopic (exact) mass is 261 g/mol. The molecule has 112 valence electrons. The van der Waals surface area contributed by atoms with E-state index < -0.39 is 0 Å². The summed E-state index contributed by atoms with van der Waals surface area (Å²) < 4.78 is 4.98. The van der Waals surface area contributed by atoms with Crippen molar-refractivity contribution >= 4 is 6.29 Å². The van der Waals surface area contributed by atoms with Gasteiger partial charge in [-0.25, -0.2) is 0 Å². The lowest BCUT2D eigenvalue weighted by Crippen LogP contribution is -2.14. The van der Waals surface area contributed by atoms with E-state index in [2.05, 4.69) is 32.8 Å². The molecule has 0 aromatic rings. The summed E-state index contributed by atoms with van der Waals surface area (Å²) in [7, 11) is 4.23. The number of rotatable bonds is 8. The highest BCUT2D eigenvalue weighted by Gasteiger charge is 1.93. The highest BCUT2D eigenvalue weighted by Crippen LogP contribution is 1.98. The number of hydrogen-bond acceptors (Lipinski definition) is 3. The fraction of sp³-hybridized carbons (Fsp3) is 0.933. The predicted octanol–water partition coefficient (Wildman–Crippen LogP) is 3.62. The van der Waals surface area contributed by atoms with Crippen LogP contribution in [0.25, 0.3) is 0 Å². The Morgan fingerprint density at radius 1 is 1.22 bits per heavy atom. The van der Waals surface area contributed by atoms with Gasteiger partial charge in [0.15, 0.2) is 0 Å². The van der Waals surface area contributed by atoms with Crippen LogP contribution in [0.3, 0.4) is 0 Å². The minimum Gasteiger partial charge on any atom is -0.382 e. The van der Waals surface area contributed by atoms with Gasteiger partial charge < -0.3 is 14.4 Å². The van der Waals surface area contributed by atoms with E-state index in [0.717, 1.165) is 31.8 Å². The van der Waals surface area contributed by atoms with E-state index in [1.165, 1.54) is 13.0 Å². The van der Waals surface area contributed by atoms with Crippen LogP contribution >= 0.6 is 0 Å². The first kappa shape index (κ1) is 22.7. The predicted molar refractivity (Wildman–Crippen MR) is 81.1 cm³/mol. The molecule has 0 saturated heterocycles. The highest BCUT2D eigenvalue weighted by molar-refractivity contribution is 5.48. The van der Waals surface area contributed by atoms with Gasteiger partial charge in [0.25, 0.3) is 0 Å². The van der Waals surface area contributed by atoms with Crippen LogP contribution in [-0.4, -0.2) is 45.0 Å². The molecule has 0 aliphatic carbocycles. The quantitative estimate of drug-likeness (QED) is 0.494. The third-order valence-electron chi connectivity index (χ3n) is 1.97. The zero-order valence-corrected chi connectivity index (χ0v) is 13.7. The van der Waals surface area contributed by atoms with E-state index in [4.69, 9.17) is 4.74 Å². The lowest BCUT2D eigenvalue weighted by atomic mass is 10.1. The van der Waals surface area contributed by atoms with Crippen molar-refractivity contribution in [2.45, 2.75) is 53.9 Å². The third kappa shape index (κ3) is 36.1. The summed E-state index contributed by atoms with van der Waals surface area (Å²) in [5.41, 5.74) is 0. The van der Waals surface area contributed by atoms with Crippen molar-refractivity contribution in [2.24, 2.45) is 5.92 Å². The normalized spacial score (nSPS) is 9.39. The lowest BCUT2D eigenvalue weighted by Gasteiger charge is -2.10. The van der Waals surface area contributed by atoms with E-state index in [1.807, 2.05) is 20.8 Å². The number of aldehydes is 1. The van der Waals surface area contributed by atoms with Gasteiger partial charge in [-0.15, -0.1) is 0 Å². The first-order chi connectivity index (χ1) is 8.54. The molecule has 0 heterocycles. The van der Waals surface area contributed by atoms with Crippen molar-refractivity contribution in [3.8, 4) is 0 Å². The standard InChI is InChI=1S/C7H17N.C6H12O2.C2H6/c1-7(2)5-6-8(3)4;1-2-8-6-4-3-5-7;1-2/h7H,5-6H2,1-4H3;5H,2-4,6H2,1H3;1-2H3. The fourth-order valence-corrected chi connectivity index (χ4v) is 0.929. The Bertz CT molecular complexity index is 128. The molecular formula is C15H35NO2. The Labute approximate surface area is 115 Å². The number of ether oxygens (including phenoxy) is 1. The third-order valence-corrected chi connectivity index (χ3v) is 1.97. The summed E-state index contributed by atoms with van der Waals surface area (Å²) in [4.78, 5) is 11.9. The number of carbonyl (C=O) groups excluding carboxylic acids is 1. The van der Waals surface area contributed by atoms with E-state index in [0.29, 0.717) is 6.42 Å². The molecule has 0 aromatic heterocycles. The van der Waals surface area contributed by atoms with E-state index in [1.54, 1.807) is 0 Å². The molecule has 0 bridgehead atoms. The summed E-state index contributed by atoms with van der Waals surface area (Å²) in [5.74, 6) is 0.845. The Morgan fingerprint density at radius 3 is 2.06 bits per heavy atom. The summed E-state index contributed by atoms with van der Waals surface area (Å²) in [5, 5.41) is 0. The molecule has 0 aliphatic rings.